The first-order valence-electron chi connectivity index (χ1n) is 6.53. The van der Waals surface area contributed by atoms with Crippen molar-refractivity contribution in [3.05, 3.63) is 22.4 Å². The summed E-state index contributed by atoms with van der Waals surface area (Å²) < 4.78 is 40.6. The van der Waals surface area contributed by atoms with Gasteiger partial charge in [0, 0.05) is 12.1 Å². The molecule has 2 atom stereocenters. The lowest BCUT2D eigenvalue weighted by Gasteiger charge is -2.37. The molecule has 1 aliphatic rings. The molecule has 1 aromatic rings. The minimum absolute atomic E-state index is 0.0358. The number of nitrogens with zero attached hydrogens (tertiary/aromatic N) is 1. The molecule has 1 fully saturated rings. The summed E-state index contributed by atoms with van der Waals surface area (Å²) in [5, 5.41) is 0. The van der Waals surface area contributed by atoms with E-state index in [1.807, 2.05) is 13.8 Å². The molecule has 7 heteroatoms. The highest BCUT2D eigenvalue weighted by Crippen LogP contribution is 2.33. The van der Waals surface area contributed by atoms with Crippen LogP contribution in [0.4, 0.5) is 10.1 Å². The molecule has 0 saturated carbocycles. The molecule has 0 spiro atoms. The van der Waals surface area contributed by atoms with E-state index in [0.29, 0.717) is 0 Å². The number of nitrogens with two attached hydrogens (primary N) is 1. The minimum Gasteiger partial charge on any atom is -0.398 e. The van der Waals surface area contributed by atoms with Crippen molar-refractivity contribution in [1.82, 2.24) is 4.31 Å². The average molecular weight is 365 g/mol. The van der Waals surface area contributed by atoms with E-state index >= 15 is 0 Å². The molecule has 0 radical (unpaired) electrons. The number of hydrogen-bond acceptors (Lipinski definition) is 3. The molecule has 2 unspecified atom stereocenters. The highest BCUT2D eigenvalue weighted by atomic mass is 79.9. The number of piperidine rings is 1. The summed E-state index contributed by atoms with van der Waals surface area (Å²) in [6, 6.07) is 2.13. The molecule has 1 aromatic carbocycles. The van der Waals surface area contributed by atoms with Crippen molar-refractivity contribution >= 4 is 31.6 Å². The lowest BCUT2D eigenvalue weighted by atomic mass is 10.0. The third-order valence-corrected chi connectivity index (χ3v) is 6.51. The second kappa shape index (κ2) is 5.61. The van der Waals surface area contributed by atoms with Crippen LogP contribution in [0.15, 0.2) is 21.5 Å². The van der Waals surface area contributed by atoms with Gasteiger partial charge in [0.2, 0.25) is 10.0 Å². The van der Waals surface area contributed by atoms with Crippen LogP contribution in [-0.2, 0) is 10.0 Å². The number of nitrogen functional groups attached to an aromatic ring is 1. The molecule has 2 rings (SSSR count). The van der Waals surface area contributed by atoms with Gasteiger partial charge in [-0.3, -0.25) is 0 Å². The zero-order valence-corrected chi connectivity index (χ0v) is 13.8. The fourth-order valence-corrected chi connectivity index (χ4v) is 5.26. The number of sulfonamides is 1. The van der Waals surface area contributed by atoms with E-state index < -0.39 is 15.8 Å². The number of halogens is 2. The summed E-state index contributed by atoms with van der Waals surface area (Å²) in [5.74, 6) is -0.568. The van der Waals surface area contributed by atoms with Gasteiger partial charge in [-0.25, -0.2) is 12.8 Å². The normalized spacial score (nSPS) is 24.8. The Balaban J connectivity index is 2.52. The van der Waals surface area contributed by atoms with Crippen molar-refractivity contribution in [2.75, 3.05) is 5.73 Å². The van der Waals surface area contributed by atoms with Crippen molar-refractivity contribution in [2.45, 2.75) is 50.1 Å². The summed E-state index contributed by atoms with van der Waals surface area (Å²) in [5.41, 5.74) is 5.65. The van der Waals surface area contributed by atoms with Gasteiger partial charge in [0.1, 0.15) is 10.7 Å². The van der Waals surface area contributed by atoms with Gasteiger partial charge >= 0.3 is 0 Å². The Bertz CT molecular complexity index is 611. The first kappa shape index (κ1) is 15.7. The Morgan fingerprint density at radius 3 is 2.40 bits per heavy atom. The Labute approximate surface area is 127 Å². The zero-order valence-electron chi connectivity index (χ0n) is 11.4. The van der Waals surface area contributed by atoms with Gasteiger partial charge in [-0.1, -0.05) is 6.42 Å². The summed E-state index contributed by atoms with van der Waals surface area (Å²) in [7, 11) is -3.72. The van der Waals surface area contributed by atoms with Crippen LogP contribution in [0.3, 0.4) is 0 Å². The van der Waals surface area contributed by atoms with Gasteiger partial charge in [0.15, 0.2) is 0 Å². The van der Waals surface area contributed by atoms with Crippen LogP contribution in [0, 0.1) is 5.82 Å². The first-order valence-corrected chi connectivity index (χ1v) is 8.76. The van der Waals surface area contributed by atoms with Gasteiger partial charge < -0.3 is 5.73 Å². The van der Waals surface area contributed by atoms with E-state index in [4.69, 9.17) is 5.73 Å². The largest absolute Gasteiger partial charge is 0.398 e. The van der Waals surface area contributed by atoms with Crippen LogP contribution in [0.1, 0.15) is 33.1 Å². The van der Waals surface area contributed by atoms with Crippen LogP contribution >= 0.6 is 15.9 Å². The highest BCUT2D eigenvalue weighted by molar-refractivity contribution is 9.10. The zero-order chi connectivity index (χ0) is 15.1. The van der Waals surface area contributed by atoms with E-state index in [-0.39, 0.29) is 27.1 Å². The van der Waals surface area contributed by atoms with E-state index in [0.717, 1.165) is 25.3 Å². The predicted molar refractivity (Wildman–Crippen MR) is 80.3 cm³/mol. The van der Waals surface area contributed by atoms with Crippen molar-refractivity contribution < 1.29 is 12.8 Å². The molecular formula is C13H18BrFN2O2S. The number of anilines is 1. The van der Waals surface area contributed by atoms with Crippen LogP contribution in [-0.4, -0.2) is 24.8 Å². The molecule has 112 valence electrons. The third-order valence-electron chi connectivity index (χ3n) is 3.72. The molecule has 0 amide bonds. The smallest absolute Gasteiger partial charge is 0.245 e. The molecule has 2 N–H and O–H groups in total. The van der Waals surface area contributed by atoms with Gasteiger partial charge in [0.05, 0.1) is 10.2 Å². The highest BCUT2D eigenvalue weighted by Gasteiger charge is 2.36. The van der Waals surface area contributed by atoms with Gasteiger partial charge in [-0.2, -0.15) is 4.31 Å². The van der Waals surface area contributed by atoms with E-state index in [9.17, 15) is 12.8 Å². The quantitative estimate of drug-likeness (QED) is 0.819. The Hall–Kier alpha value is -0.660. The number of benzene rings is 1. The van der Waals surface area contributed by atoms with E-state index in [1.165, 1.54) is 10.4 Å². The molecule has 1 heterocycles. The first-order chi connectivity index (χ1) is 9.25. The summed E-state index contributed by atoms with van der Waals surface area (Å²) >= 11 is 3.01. The molecule has 1 aliphatic heterocycles. The standard InChI is InChI=1S/C13H18BrFN2O2S/c1-8-4-3-5-9(2)17(8)20(18,19)13-6-10(14)11(15)7-12(13)16/h6-9H,3-5,16H2,1-2H3. The van der Waals surface area contributed by atoms with Crippen LogP contribution in [0.5, 0.6) is 0 Å². The van der Waals surface area contributed by atoms with E-state index in [1.54, 1.807) is 0 Å². The second-order valence-corrected chi connectivity index (χ2v) is 7.93. The van der Waals surface area contributed by atoms with Gasteiger partial charge in [0.25, 0.3) is 0 Å². The average Bonchev–Trinajstić information content (AvgIpc) is 2.33. The Morgan fingerprint density at radius 2 is 1.85 bits per heavy atom. The number of hydrogen-bond donors (Lipinski definition) is 1. The fraction of sp³-hybridized carbons (Fsp3) is 0.538. The number of rotatable bonds is 2. The van der Waals surface area contributed by atoms with Gasteiger partial charge in [-0.15, -0.1) is 0 Å². The van der Waals surface area contributed by atoms with Crippen molar-refractivity contribution in [3.8, 4) is 0 Å². The minimum atomic E-state index is -3.72. The Kier molecular flexibility index (Phi) is 4.41. The van der Waals surface area contributed by atoms with Crippen molar-refractivity contribution in [2.24, 2.45) is 0 Å². The molecule has 4 nitrogen and oxygen atoms in total. The lowest BCUT2D eigenvalue weighted by Crippen LogP contribution is -2.47. The molecule has 1 saturated heterocycles. The predicted octanol–water partition coefficient (Wildman–Crippen LogP) is 3.12. The SMILES string of the molecule is CC1CCCC(C)N1S(=O)(=O)c1cc(Br)c(F)cc1N. The molecule has 0 bridgehead atoms. The van der Waals surface area contributed by atoms with Gasteiger partial charge in [-0.05, 0) is 54.8 Å². The van der Waals surface area contributed by atoms with Crippen LogP contribution in [0.25, 0.3) is 0 Å². The summed E-state index contributed by atoms with van der Waals surface area (Å²) in [6.07, 6.45) is 2.66. The van der Waals surface area contributed by atoms with Crippen molar-refractivity contribution in [3.63, 3.8) is 0 Å². The van der Waals surface area contributed by atoms with Crippen LogP contribution in [0.2, 0.25) is 0 Å². The maximum absolute atomic E-state index is 13.4. The topological polar surface area (TPSA) is 63.4 Å². The summed E-state index contributed by atoms with van der Waals surface area (Å²) in [4.78, 5) is -0.0358. The second-order valence-electron chi connectivity index (χ2n) is 5.27. The maximum Gasteiger partial charge on any atom is 0.245 e. The molecule has 0 aromatic heterocycles. The van der Waals surface area contributed by atoms with Crippen LogP contribution < -0.4 is 5.73 Å². The van der Waals surface area contributed by atoms with E-state index in [2.05, 4.69) is 15.9 Å². The monoisotopic (exact) mass is 364 g/mol. The lowest BCUT2D eigenvalue weighted by molar-refractivity contribution is 0.204. The molecular weight excluding hydrogens is 347 g/mol. The molecule has 20 heavy (non-hydrogen) atoms. The maximum atomic E-state index is 13.4. The fourth-order valence-electron chi connectivity index (χ4n) is 2.75. The Morgan fingerprint density at radius 1 is 1.30 bits per heavy atom. The summed E-state index contributed by atoms with van der Waals surface area (Å²) in [6.45, 7) is 3.78. The third kappa shape index (κ3) is 2.71. The molecule has 0 aliphatic carbocycles. The van der Waals surface area contributed by atoms with Crippen molar-refractivity contribution in [1.29, 1.82) is 0 Å².